The Balaban J connectivity index is 1.33. The molecule has 0 saturated carbocycles. The van der Waals surface area contributed by atoms with Gasteiger partial charge in [-0.05, 0) is 95.0 Å². The average Bonchev–Trinajstić information content (AvgIpc) is 3.02. The Morgan fingerprint density at radius 2 is 1.31 bits per heavy atom. The summed E-state index contributed by atoms with van der Waals surface area (Å²) in [6.45, 7) is 10.7. The summed E-state index contributed by atoms with van der Waals surface area (Å²) in [6, 6.07) is 10.8. The van der Waals surface area contributed by atoms with Crippen LogP contribution >= 0.6 is 0 Å². The SMILES string of the molecule is CCCN1CCCC(C(=O)c2cc(OC)cc(OCCOc3ccc(C(=O)C4CCCN(CCC)C4)cc3OC)c2)C1. The van der Waals surface area contributed by atoms with Crippen molar-refractivity contribution in [2.24, 2.45) is 11.8 Å². The molecule has 0 aromatic heterocycles. The Morgan fingerprint density at radius 3 is 1.90 bits per heavy atom. The lowest BCUT2D eigenvalue weighted by atomic mass is 9.89. The van der Waals surface area contributed by atoms with Crippen LogP contribution in [-0.2, 0) is 0 Å². The number of likely N-dealkylation sites (tertiary alicyclic amines) is 2. The van der Waals surface area contributed by atoms with Gasteiger partial charge in [-0.15, -0.1) is 0 Å². The highest BCUT2D eigenvalue weighted by atomic mass is 16.5. The zero-order valence-corrected chi connectivity index (χ0v) is 25.9. The van der Waals surface area contributed by atoms with Crippen molar-refractivity contribution in [2.45, 2.75) is 52.4 Å². The number of piperidine rings is 2. The zero-order valence-electron chi connectivity index (χ0n) is 25.9. The molecule has 2 unspecified atom stereocenters. The molecule has 0 N–H and O–H groups in total. The molecule has 0 aliphatic carbocycles. The van der Waals surface area contributed by atoms with Crippen LogP contribution in [-0.4, -0.2) is 88.1 Å². The van der Waals surface area contributed by atoms with Gasteiger partial charge in [-0.1, -0.05) is 13.8 Å². The van der Waals surface area contributed by atoms with Crippen LogP contribution in [0, 0.1) is 11.8 Å². The number of carbonyl (C=O) groups is 2. The third kappa shape index (κ3) is 8.48. The standard InChI is InChI=1S/C34H48N2O6/c1-5-13-35-15-7-9-26(23-35)33(37)25-11-12-31(32(21-25)40-4)42-18-17-41-30-20-28(19-29(22-30)39-3)34(38)27-10-8-16-36(24-27)14-6-2/h11-12,19-22,26-27H,5-10,13-18,23-24H2,1-4H3. The van der Waals surface area contributed by atoms with Crippen molar-refractivity contribution in [1.29, 1.82) is 0 Å². The van der Waals surface area contributed by atoms with Crippen LogP contribution in [0.15, 0.2) is 36.4 Å². The van der Waals surface area contributed by atoms with Crippen LogP contribution in [0.1, 0.15) is 73.1 Å². The average molecular weight is 581 g/mol. The van der Waals surface area contributed by atoms with Crippen LogP contribution in [0.3, 0.4) is 0 Å². The van der Waals surface area contributed by atoms with Crippen LogP contribution in [0.2, 0.25) is 0 Å². The molecular formula is C34H48N2O6. The Hall–Kier alpha value is -3.10. The second-order valence-corrected chi connectivity index (χ2v) is 11.5. The minimum atomic E-state index is -0.00991. The van der Waals surface area contributed by atoms with E-state index in [4.69, 9.17) is 18.9 Å². The lowest BCUT2D eigenvalue weighted by Crippen LogP contribution is -2.39. The summed E-state index contributed by atoms with van der Waals surface area (Å²) in [5.41, 5.74) is 1.27. The van der Waals surface area contributed by atoms with E-state index >= 15 is 0 Å². The van der Waals surface area contributed by atoms with Gasteiger partial charge in [0.25, 0.3) is 0 Å². The van der Waals surface area contributed by atoms with Crippen molar-refractivity contribution < 1.29 is 28.5 Å². The highest BCUT2D eigenvalue weighted by Gasteiger charge is 2.28. The van der Waals surface area contributed by atoms with Gasteiger partial charge in [-0.2, -0.15) is 0 Å². The van der Waals surface area contributed by atoms with Gasteiger partial charge in [0.1, 0.15) is 24.7 Å². The van der Waals surface area contributed by atoms with E-state index in [1.165, 1.54) is 0 Å². The predicted octanol–water partition coefficient (Wildman–Crippen LogP) is 5.77. The minimum absolute atomic E-state index is 0.00991. The van der Waals surface area contributed by atoms with Crippen molar-refractivity contribution in [1.82, 2.24) is 9.80 Å². The number of hydrogen-bond acceptors (Lipinski definition) is 8. The van der Waals surface area contributed by atoms with Gasteiger partial charge in [0.05, 0.1) is 14.2 Å². The van der Waals surface area contributed by atoms with Crippen LogP contribution in [0.25, 0.3) is 0 Å². The Labute approximate surface area is 251 Å². The Kier molecular flexibility index (Phi) is 12.1. The van der Waals surface area contributed by atoms with Crippen molar-refractivity contribution in [3.63, 3.8) is 0 Å². The van der Waals surface area contributed by atoms with Gasteiger partial charge in [0, 0.05) is 42.1 Å². The second kappa shape index (κ2) is 15.9. The van der Waals surface area contributed by atoms with Crippen molar-refractivity contribution >= 4 is 11.6 Å². The van der Waals surface area contributed by atoms with Crippen LogP contribution < -0.4 is 18.9 Å². The summed E-state index contributed by atoms with van der Waals surface area (Å²) < 4.78 is 23.0. The van der Waals surface area contributed by atoms with E-state index < -0.39 is 0 Å². The fourth-order valence-electron chi connectivity index (χ4n) is 6.22. The van der Waals surface area contributed by atoms with Gasteiger partial charge in [-0.25, -0.2) is 0 Å². The highest BCUT2D eigenvalue weighted by Crippen LogP contribution is 2.31. The van der Waals surface area contributed by atoms with E-state index in [0.717, 1.165) is 77.8 Å². The number of hydrogen-bond donors (Lipinski definition) is 0. The fraction of sp³-hybridized carbons (Fsp3) is 0.588. The van der Waals surface area contributed by atoms with E-state index in [1.54, 1.807) is 44.6 Å². The minimum Gasteiger partial charge on any atom is -0.497 e. The van der Waals surface area contributed by atoms with Gasteiger partial charge in [-0.3, -0.25) is 9.59 Å². The Morgan fingerprint density at radius 1 is 0.714 bits per heavy atom. The van der Waals surface area contributed by atoms with E-state index in [2.05, 4.69) is 23.6 Å². The monoisotopic (exact) mass is 580 g/mol. The molecule has 42 heavy (non-hydrogen) atoms. The maximum absolute atomic E-state index is 13.4. The summed E-state index contributed by atoms with van der Waals surface area (Å²) in [5, 5.41) is 0. The molecule has 230 valence electrons. The molecule has 4 rings (SSSR count). The molecule has 8 nitrogen and oxygen atoms in total. The number of ketones is 2. The van der Waals surface area contributed by atoms with Gasteiger partial charge in [0.15, 0.2) is 23.1 Å². The molecule has 8 heteroatoms. The first-order chi connectivity index (χ1) is 20.4. The van der Waals surface area contributed by atoms with E-state index in [1.807, 2.05) is 6.07 Å². The molecule has 2 saturated heterocycles. The number of benzene rings is 2. The first kappa shape index (κ1) is 31.8. The Bertz CT molecular complexity index is 1180. The summed E-state index contributed by atoms with van der Waals surface area (Å²) in [5.74, 6) is 2.56. The summed E-state index contributed by atoms with van der Waals surface area (Å²) >= 11 is 0. The highest BCUT2D eigenvalue weighted by molar-refractivity contribution is 5.99. The zero-order chi connectivity index (χ0) is 29.9. The van der Waals surface area contributed by atoms with Crippen molar-refractivity contribution in [3.8, 4) is 23.0 Å². The maximum atomic E-state index is 13.4. The molecule has 2 heterocycles. The van der Waals surface area contributed by atoms with E-state index in [0.29, 0.717) is 34.1 Å². The molecule has 2 aromatic carbocycles. The predicted molar refractivity (Wildman–Crippen MR) is 165 cm³/mol. The lowest BCUT2D eigenvalue weighted by Gasteiger charge is -2.31. The lowest BCUT2D eigenvalue weighted by molar-refractivity contribution is 0.0813. The number of methoxy groups -OCH3 is 2. The number of nitrogens with zero attached hydrogens (tertiary/aromatic N) is 2. The van der Waals surface area contributed by atoms with Crippen molar-refractivity contribution in [3.05, 3.63) is 47.5 Å². The second-order valence-electron chi connectivity index (χ2n) is 11.5. The van der Waals surface area contributed by atoms with E-state index in [9.17, 15) is 9.59 Å². The number of Topliss-reactive ketones (excluding diaryl/α,β-unsaturated/α-hetero) is 2. The molecule has 2 aromatic rings. The topological polar surface area (TPSA) is 77.5 Å². The molecular weight excluding hydrogens is 532 g/mol. The maximum Gasteiger partial charge on any atom is 0.167 e. The largest absolute Gasteiger partial charge is 0.497 e. The molecule has 0 spiro atoms. The summed E-state index contributed by atoms with van der Waals surface area (Å²) in [4.78, 5) is 31.4. The molecule has 0 amide bonds. The number of carbonyl (C=O) groups excluding carboxylic acids is 2. The molecule has 0 bridgehead atoms. The quantitative estimate of drug-likeness (QED) is 0.194. The summed E-state index contributed by atoms with van der Waals surface area (Å²) in [6.07, 6.45) is 6.11. The number of rotatable bonds is 15. The van der Waals surface area contributed by atoms with Crippen LogP contribution in [0.4, 0.5) is 0 Å². The normalized spacial score (nSPS) is 19.7. The van der Waals surface area contributed by atoms with Gasteiger partial charge < -0.3 is 28.7 Å². The molecule has 2 fully saturated rings. The fourth-order valence-corrected chi connectivity index (χ4v) is 6.22. The third-order valence-electron chi connectivity index (χ3n) is 8.29. The third-order valence-corrected chi connectivity index (χ3v) is 8.29. The van der Waals surface area contributed by atoms with Gasteiger partial charge in [0.2, 0.25) is 0 Å². The first-order valence-electron chi connectivity index (χ1n) is 15.6. The van der Waals surface area contributed by atoms with Crippen molar-refractivity contribution in [2.75, 3.05) is 66.7 Å². The molecule has 2 aliphatic rings. The molecule has 2 atom stereocenters. The van der Waals surface area contributed by atoms with E-state index in [-0.39, 0.29) is 36.6 Å². The van der Waals surface area contributed by atoms with Gasteiger partial charge >= 0.3 is 0 Å². The molecule has 0 radical (unpaired) electrons. The first-order valence-corrected chi connectivity index (χ1v) is 15.6. The summed E-state index contributed by atoms with van der Waals surface area (Å²) in [7, 11) is 3.18. The smallest absolute Gasteiger partial charge is 0.167 e. The molecule has 2 aliphatic heterocycles. The van der Waals surface area contributed by atoms with Crippen LogP contribution in [0.5, 0.6) is 23.0 Å². The number of ether oxygens (including phenoxy) is 4.